The zero-order valence-electron chi connectivity index (χ0n) is 11.7. The maximum Gasteiger partial charge on any atom is 0.223 e. The molecule has 0 amide bonds. The number of aromatic nitrogens is 3. The van der Waals surface area contributed by atoms with E-state index in [1.165, 1.54) is 4.70 Å². The Morgan fingerprint density at radius 1 is 1.23 bits per heavy atom. The fourth-order valence-corrected chi connectivity index (χ4v) is 4.20. The van der Waals surface area contributed by atoms with Crippen LogP contribution in [-0.4, -0.2) is 21.5 Å². The van der Waals surface area contributed by atoms with E-state index in [1.807, 2.05) is 18.2 Å². The lowest BCUT2D eigenvalue weighted by Gasteiger charge is -2.24. The number of para-hydroxylation sites is 1. The Morgan fingerprint density at radius 2 is 2.09 bits per heavy atom. The summed E-state index contributed by atoms with van der Waals surface area (Å²) in [5.41, 5.74) is 6.78. The number of halogens is 1. The van der Waals surface area contributed by atoms with Crippen LogP contribution >= 0.6 is 22.9 Å². The van der Waals surface area contributed by atoms with Crippen LogP contribution in [0, 0.1) is 0 Å². The van der Waals surface area contributed by atoms with E-state index in [4.69, 9.17) is 22.3 Å². The molecular formula is C15H14ClN5S. The van der Waals surface area contributed by atoms with Crippen LogP contribution in [0.15, 0.2) is 30.3 Å². The van der Waals surface area contributed by atoms with Crippen molar-refractivity contribution in [1.82, 2.24) is 15.0 Å². The Morgan fingerprint density at radius 3 is 2.91 bits per heavy atom. The molecule has 1 saturated heterocycles. The summed E-state index contributed by atoms with van der Waals surface area (Å²) in [7, 11) is 0. The number of nitrogens with two attached hydrogens (primary N) is 1. The maximum absolute atomic E-state index is 6.02. The number of nitrogen functional groups attached to an aromatic ring is 1. The molecule has 22 heavy (non-hydrogen) atoms. The smallest absolute Gasteiger partial charge is 0.223 e. The molecule has 0 saturated carbocycles. The number of thiazole rings is 1. The second-order valence-electron chi connectivity index (χ2n) is 5.28. The molecule has 1 fully saturated rings. The standard InChI is InChI=1S/C15H14ClN5S/c16-12-8-13(20-15(17)19-12)21-7-3-5-10(21)14-18-9-4-1-2-6-11(9)22-14/h1-2,4,6,8,10H,3,5,7H2,(H2,17,19,20)/t10-/m1/s1. The van der Waals surface area contributed by atoms with Crippen molar-refractivity contribution in [2.75, 3.05) is 17.2 Å². The summed E-state index contributed by atoms with van der Waals surface area (Å²) in [6.07, 6.45) is 2.16. The van der Waals surface area contributed by atoms with Gasteiger partial charge < -0.3 is 10.6 Å². The van der Waals surface area contributed by atoms with Gasteiger partial charge in [0.05, 0.1) is 16.3 Å². The number of hydrogen-bond acceptors (Lipinski definition) is 6. The van der Waals surface area contributed by atoms with Gasteiger partial charge in [-0.25, -0.2) is 9.97 Å². The second-order valence-corrected chi connectivity index (χ2v) is 6.73. The molecule has 3 heterocycles. The second kappa shape index (κ2) is 5.37. The summed E-state index contributed by atoms with van der Waals surface area (Å²) in [5, 5.41) is 1.49. The Bertz CT molecular complexity index is 780. The van der Waals surface area contributed by atoms with Gasteiger partial charge in [-0.2, -0.15) is 4.98 Å². The van der Waals surface area contributed by atoms with Crippen LogP contribution < -0.4 is 10.6 Å². The number of benzene rings is 1. The lowest BCUT2D eigenvalue weighted by Crippen LogP contribution is -2.24. The Balaban J connectivity index is 1.74. The van der Waals surface area contributed by atoms with Gasteiger partial charge in [0.25, 0.3) is 0 Å². The zero-order chi connectivity index (χ0) is 15.1. The molecule has 7 heteroatoms. The van der Waals surface area contributed by atoms with Crippen molar-refractivity contribution in [2.45, 2.75) is 18.9 Å². The van der Waals surface area contributed by atoms with Gasteiger partial charge in [-0.1, -0.05) is 23.7 Å². The van der Waals surface area contributed by atoms with E-state index in [0.29, 0.717) is 5.15 Å². The van der Waals surface area contributed by atoms with Crippen LogP contribution in [0.5, 0.6) is 0 Å². The highest BCUT2D eigenvalue weighted by molar-refractivity contribution is 7.18. The highest BCUT2D eigenvalue weighted by atomic mass is 35.5. The van der Waals surface area contributed by atoms with Gasteiger partial charge in [-0.3, -0.25) is 0 Å². The van der Waals surface area contributed by atoms with Crippen molar-refractivity contribution < 1.29 is 0 Å². The van der Waals surface area contributed by atoms with Crippen LogP contribution in [-0.2, 0) is 0 Å². The molecule has 1 aliphatic heterocycles. The molecule has 1 atom stereocenters. The Hall–Kier alpha value is -1.92. The first kappa shape index (κ1) is 13.7. The zero-order valence-corrected chi connectivity index (χ0v) is 13.3. The highest BCUT2D eigenvalue weighted by Crippen LogP contribution is 2.39. The van der Waals surface area contributed by atoms with Crippen molar-refractivity contribution in [3.05, 3.63) is 40.5 Å². The summed E-state index contributed by atoms with van der Waals surface area (Å²) < 4.78 is 1.21. The van der Waals surface area contributed by atoms with Crippen molar-refractivity contribution in [2.24, 2.45) is 0 Å². The van der Waals surface area contributed by atoms with Gasteiger partial charge in [0.2, 0.25) is 5.95 Å². The van der Waals surface area contributed by atoms with Crippen molar-refractivity contribution in [3.8, 4) is 0 Å². The molecule has 2 N–H and O–H groups in total. The fourth-order valence-electron chi connectivity index (χ4n) is 2.90. The monoisotopic (exact) mass is 331 g/mol. The molecule has 4 rings (SSSR count). The topological polar surface area (TPSA) is 67.9 Å². The minimum Gasteiger partial charge on any atom is -0.368 e. The lowest BCUT2D eigenvalue weighted by molar-refractivity contribution is 0.707. The van der Waals surface area contributed by atoms with Crippen molar-refractivity contribution in [1.29, 1.82) is 0 Å². The minimum atomic E-state index is 0.206. The quantitative estimate of drug-likeness (QED) is 0.726. The van der Waals surface area contributed by atoms with Gasteiger partial charge in [0.15, 0.2) is 0 Å². The first-order valence-electron chi connectivity index (χ1n) is 7.13. The summed E-state index contributed by atoms with van der Waals surface area (Å²) in [5.74, 6) is 0.983. The first-order valence-corrected chi connectivity index (χ1v) is 8.32. The van der Waals surface area contributed by atoms with Gasteiger partial charge in [0.1, 0.15) is 16.0 Å². The summed E-state index contributed by atoms with van der Waals surface area (Å²) in [6.45, 7) is 0.924. The van der Waals surface area contributed by atoms with E-state index in [0.717, 1.165) is 35.7 Å². The molecule has 0 bridgehead atoms. The molecule has 2 aromatic heterocycles. The molecule has 3 aromatic rings. The van der Waals surface area contributed by atoms with Crippen LogP contribution in [0.25, 0.3) is 10.2 Å². The van der Waals surface area contributed by atoms with Crippen molar-refractivity contribution >= 4 is 44.9 Å². The molecule has 0 unspecified atom stereocenters. The highest BCUT2D eigenvalue weighted by Gasteiger charge is 2.30. The van der Waals surface area contributed by atoms with E-state index < -0.39 is 0 Å². The fraction of sp³-hybridized carbons (Fsp3) is 0.267. The van der Waals surface area contributed by atoms with E-state index in [1.54, 1.807) is 17.4 Å². The van der Waals surface area contributed by atoms with E-state index in [-0.39, 0.29) is 12.0 Å². The lowest BCUT2D eigenvalue weighted by atomic mass is 10.2. The third-order valence-electron chi connectivity index (χ3n) is 3.84. The molecule has 0 aliphatic carbocycles. The molecule has 112 valence electrons. The average molecular weight is 332 g/mol. The van der Waals surface area contributed by atoms with Crippen LogP contribution in [0.2, 0.25) is 5.15 Å². The molecular weight excluding hydrogens is 318 g/mol. The van der Waals surface area contributed by atoms with Crippen LogP contribution in [0.3, 0.4) is 0 Å². The predicted molar refractivity (Wildman–Crippen MR) is 90.4 cm³/mol. The number of rotatable bonds is 2. The first-order chi connectivity index (χ1) is 10.7. The summed E-state index contributed by atoms with van der Waals surface area (Å²) in [6, 6.07) is 10.2. The SMILES string of the molecule is Nc1nc(Cl)cc(N2CCC[C@@H]2c2nc3ccccc3s2)n1. The minimum absolute atomic E-state index is 0.206. The molecule has 5 nitrogen and oxygen atoms in total. The number of anilines is 2. The van der Waals surface area contributed by atoms with Crippen LogP contribution in [0.4, 0.5) is 11.8 Å². The molecule has 1 aliphatic rings. The third-order valence-corrected chi connectivity index (χ3v) is 5.17. The average Bonchev–Trinajstić information content (AvgIpc) is 3.12. The third kappa shape index (κ3) is 2.38. The van der Waals surface area contributed by atoms with E-state index >= 15 is 0 Å². The largest absolute Gasteiger partial charge is 0.368 e. The van der Waals surface area contributed by atoms with Gasteiger partial charge in [-0.05, 0) is 25.0 Å². The van der Waals surface area contributed by atoms with E-state index in [9.17, 15) is 0 Å². The predicted octanol–water partition coefficient (Wildman–Crippen LogP) is 3.66. The van der Waals surface area contributed by atoms with Gasteiger partial charge in [0, 0.05) is 12.6 Å². The molecule has 0 spiro atoms. The number of fused-ring (bicyclic) bond motifs is 1. The molecule has 0 radical (unpaired) electrons. The Kier molecular flexibility index (Phi) is 3.35. The summed E-state index contributed by atoms with van der Waals surface area (Å²) in [4.78, 5) is 15.3. The molecule has 1 aromatic carbocycles. The van der Waals surface area contributed by atoms with Gasteiger partial charge in [-0.15, -0.1) is 11.3 Å². The normalized spacial score (nSPS) is 18.2. The Labute approximate surface area is 136 Å². The number of nitrogens with zero attached hydrogens (tertiary/aromatic N) is 4. The van der Waals surface area contributed by atoms with E-state index in [2.05, 4.69) is 20.9 Å². The van der Waals surface area contributed by atoms with Crippen LogP contribution in [0.1, 0.15) is 23.9 Å². The van der Waals surface area contributed by atoms with Gasteiger partial charge >= 0.3 is 0 Å². The maximum atomic E-state index is 6.02. The van der Waals surface area contributed by atoms with Crippen molar-refractivity contribution in [3.63, 3.8) is 0 Å². The number of hydrogen-bond donors (Lipinski definition) is 1. The summed E-state index contributed by atoms with van der Waals surface area (Å²) >= 11 is 7.76.